The molecule has 0 aliphatic carbocycles. The molecule has 0 fully saturated rings. The number of aliphatic carboxylic acids is 1. The highest BCUT2D eigenvalue weighted by Crippen LogP contribution is 2.02. The lowest BCUT2D eigenvalue weighted by atomic mass is 10.1. The van der Waals surface area contributed by atoms with Crippen LogP contribution >= 0.6 is 0 Å². The number of carboxylic acid groups (broad SMARTS) is 1. The molecule has 0 aliphatic rings. The maximum absolute atomic E-state index is 11.8. The van der Waals surface area contributed by atoms with Crippen molar-refractivity contribution in [2.45, 2.75) is 26.0 Å². The van der Waals surface area contributed by atoms with Gasteiger partial charge < -0.3 is 20.8 Å². The Kier molecular flexibility index (Phi) is 5.86. The Labute approximate surface area is 122 Å². The van der Waals surface area contributed by atoms with Crippen LogP contribution in [0.25, 0.3) is 0 Å². The van der Waals surface area contributed by atoms with Gasteiger partial charge >= 0.3 is 5.97 Å². The molecular weight excluding hydrogens is 276 g/mol. The molecule has 0 aliphatic heterocycles. The molecule has 2 amide bonds. The van der Waals surface area contributed by atoms with Crippen LogP contribution < -0.4 is 10.6 Å². The van der Waals surface area contributed by atoms with Gasteiger partial charge in [-0.15, -0.1) is 0 Å². The predicted octanol–water partition coefficient (Wildman–Crippen LogP) is -0.325. The molecule has 1 aromatic carbocycles. The molecule has 0 aromatic heterocycles. The number of carbonyl (C=O) groups excluding carboxylic acids is 2. The Balaban J connectivity index is 2.51. The normalized spacial score (nSPS) is 13.1. The van der Waals surface area contributed by atoms with Gasteiger partial charge in [-0.3, -0.25) is 9.59 Å². The second-order valence-corrected chi connectivity index (χ2v) is 4.67. The van der Waals surface area contributed by atoms with Crippen molar-refractivity contribution in [2.75, 3.05) is 6.54 Å². The van der Waals surface area contributed by atoms with Crippen LogP contribution in [0.1, 0.15) is 22.8 Å². The molecule has 0 unspecified atom stereocenters. The quantitative estimate of drug-likeness (QED) is 0.573. The third-order valence-corrected chi connectivity index (χ3v) is 2.79. The second kappa shape index (κ2) is 7.39. The average Bonchev–Trinajstić information content (AvgIpc) is 2.42. The van der Waals surface area contributed by atoms with Gasteiger partial charge in [0.25, 0.3) is 5.91 Å². The number of aliphatic hydroxyl groups is 1. The topological polar surface area (TPSA) is 116 Å². The maximum Gasteiger partial charge on any atom is 0.328 e. The molecule has 1 aromatic rings. The van der Waals surface area contributed by atoms with Gasteiger partial charge in [-0.2, -0.15) is 0 Å². The lowest BCUT2D eigenvalue weighted by Crippen LogP contribution is -2.50. The summed E-state index contributed by atoms with van der Waals surface area (Å²) >= 11 is 0. The standard InChI is InChI=1S/C14H18N2O5/c1-8-3-5-10(6-4-8)13(19)15-7-11(18)16-12(9(2)17)14(20)21/h3-6,9,12,17H,7H2,1-2H3,(H,15,19)(H,16,18)(H,20,21)/t9-,12+/m1/s1. The molecule has 2 atom stereocenters. The monoisotopic (exact) mass is 294 g/mol. The highest BCUT2D eigenvalue weighted by molar-refractivity contribution is 5.96. The zero-order valence-corrected chi connectivity index (χ0v) is 11.8. The first-order valence-electron chi connectivity index (χ1n) is 6.36. The van der Waals surface area contributed by atoms with Gasteiger partial charge in [0.15, 0.2) is 6.04 Å². The van der Waals surface area contributed by atoms with E-state index in [1.807, 2.05) is 6.92 Å². The van der Waals surface area contributed by atoms with Crippen LogP contribution in [0.3, 0.4) is 0 Å². The van der Waals surface area contributed by atoms with Crippen molar-refractivity contribution in [1.29, 1.82) is 0 Å². The molecule has 0 bridgehead atoms. The summed E-state index contributed by atoms with van der Waals surface area (Å²) in [6.45, 7) is 2.77. The van der Waals surface area contributed by atoms with Crippen LogP contribution in [0.4, 0.5) is 0 Å². The molecule has 114 valence electrons. The fourth-order valence-corrected chi connectivity index (χ4v) is 1.58. The molecule has 7 nitrogen and oxygen atoms in total. The van der Waals surface area contributed by atoms with E-state index in [0.717, 1.165) is 5.56 Å². The molecule has 1 rings (SSSR count). The highest BCUT2D eigenvalue weighted by Gasteiger charge is 2.24. The summed E-state index contributed by atoms with van der Waals surface area (Å²) in [6.07, 6.45) is -1.24. The molecule has 4 N–H and O–H groups in total. The molecule has 0 saturated heterocycles. The number of carboxylic acids is 1. The van der Waals surface area contributed by atoms with Crippen molar-refractivity contribution in [3.8, 4) is 0 Å². The van der Waals surface area contributed by atoms with E-state index in [1.54, 1.807) is 24.3 Å². The lowest BCUT2D eigenvalue weighted by Gasteiger charge is -2.17. The number of carbonyl (C=O) groups is 3. The van der Waals surface area contributed by atoms with Gasteiger partial charge in [-0.25, -0.2) is 4.79 Å². The fraction of sp³-hybridized carbons (Fsp3) is 0.357. The van der Waals surface area contributed by atoms with E-state index in [1.165, 1.54) is 6.92 Å². The van der Waals surface area contributed by atoms with Crippen molar-refractivity contribution in [1.82, 2.24) is 10.6 Å². The number of hydrogen-bond acceptors (Lipinski definition) is 4. The van der Waals surface area contributed by atoms with E-state index in [0.29, 0.717) is 5.56 Å². The Bertz CT molecular complexity index is 525. The number of aliphatic hydroxyl groups excluding tert-OH is 1. The summed E-state index contributed by atoms with van der Waals surface area (Å²) in [4.78, 5) is 34.1. The maximum atomic E-state index is 11.8. The van der Waals surface area contributed by atoms with Crippen LogP contribution in [-0.2, 0) is 9.59 Å². The van der Waals surface area contributed by atoms with E-state index in [2.05, 4.69) is 10.6 Å². The molecule has 0 heterocycles. The summed E-state index contributed by atoms with van der Waals surface area (Å²) in [5, 5.41) is 22.5. The first-order chi connectivity index (χ1) is 9.81. The lowest BCUT2D eigenvalue weighted by molar-refractivity contribution is -0.144. The Morgan fingerprint density at radius 3 is 2.24 bits per heavy atom. The van der Waals surface area contributed by atoms with Gasteiger partial charge in [-0.05, 0) is 26.0 Å². The van der Waals surface area contributed by atoms with Crippen LogP contribution in [-0.4, -0.2) is 46.7 Å². The molecule has 0 saturated carbocycles. The fourth-order valence-electron chi connectivity index (χ4n) is 1.58. The molecule has 7 heteroatoms. The van der Waals surface area contributed by atoms with Crippen molar-refractivity contribution in [2.24, 2.45) is 0 Å². The SMILES string of the molecule is Cc1ccc(C(=O)NCC(=O)N[C@H](C(=O)O)[C@@H](C)O)cc1. The summed E-state index contributed by atoms with van der Waals surface area (Å²) in [7, 11) is 0. The number of hydrogen-bond donors (Lipinski definition) is 4. The van der Waals surface area contributed by atoms with E-state index in [4.69, 9.17) is 5.11 Å². The smallest absolute Gasteiger partial charge is 0.328 e. The van der Waals surface area contributed by atoms with Crippen molar-refractivity contribution < 1.29 is 24.6 Å². The van der Waals surface area contributed by atoms with Gasteiger partial charge in [0.1, 0.15) is 0 Å². The van der Waals surface area contributed by atoms with Crippen LogP contribution in [0.2, 0.25) is 0 Å². The van der Waals surface area contributed by atoms with Crippen LogP contribution in [0.5, 0.6) is 0 Å². The molecule has 0 radical (unpaired) electrons. The first-order valence-corrected chi connectivity index (χ1v) is 6.36. The molecule has 21 heavy (non-hydrogen) atoms. The van der Waals surface area contributed by atoms with Crippen molar-refractivity contribution in [3.05, 3.63) is 35.4 Å². The third-order valence-electron chi connectivity index (χ3n) is 2.79. The van der Waals surface area contributed by atoms with E-state index < -0.39 is 29.9 Å². The minimum absolute atomic E-state index is 0.372. The molecular formula is C14H18N2O5. The van der Waals surface area contributed by atoms with Gasteiger partial charge in [-0.1, -0.05) is 17.7 Å². The van der Waals surface area contributed by atoms with Crippen molar-refractivity contribution >= 4 is 17.8 Å². The largest absolute Gasteiger partial charge is 0.480 e. The Morgan fingerprint density at radius 2 is 1.76 bits per heavy atom. The van der Waals surface area contributed by atoms with Crippen molar-refractivity contribution in [3.63, 3.8) is 0 Å². The third kappa shape index (κ3) is 5.23. The highest BCUT2D eigenvalue weighted by atomic mass is 16.4. The zero-order valence-electron chi connectivity index (χ0n) is 11.8. The van der Waals surface area contributed by atoms with Crippen LogP contribution in [0.15, 0.2) is 24.3 Å². The average molecular weight is 294 g/mol. The van der Waals surface area contributed by atoms with E-state index in [9.17, 15) is 19.5 Å². The van der Waals surface area contributed by atoms with E-state index in [-0.39, 0.29) is 6.54 Å². The predicted molar refractivity (Wildman–Crippen MR) is 74.8 cm³/mol. The Morgan fingerprint density at radius 1 is 1.19 bits per heavy atom. The van der Waals surface area contributed by atoms with E-state index >= 15 is 0 Å². The van der Waals surface area contributed by atoms with Gasteiger partial charge in [0.2, 0.25) is 5.91 Å². The number of amides is 2. The van der Waals surface area contributed by atoms with Crippen LogP contribution in [0, 0.1) is 6.92 Å². The van der Waals surface area contributed by atoms with Gasteiger partial charge in [0.05, 0.1) is 12.6 Å². The minimum Gasteiger partial charge on any atom is -0.480 e. The number of benzene rings is 1. The summed E-state index contributed by atoms with van der Waals surface area (Å²) < 4.78 is 0. The first kappa shape index (κ1) is 16.6. The summed E-state index contributed by atoms with van der Waals surface area (Å²) in [5.74, 6) is -2.47. The summed E-state index contributed by atoms with van der Waals surface area (Å²) in [6, 6.07) is 5.37. The number of rotatable bonds is 6. The Hall–Kier alpha value is -2.41. The zero-order chi connectivity index (χ0) is 16.0. The number of aryl methyl sites for hydroxylation is 1. The second-order valence-electron chi connectivity index (χ2n) is 4.67. The number of nitrogens with one attached hydrogen (secondary N) is 2. The minimum atomic E-state index is -1.41. The molecule has 0 spiro atoms. The summed E-state index contributed by atoms with van der Waals surface area (Å²) in [5.41, 5.74) is 1.41. The van der Waals surface area contributed by atoms with Gasteiger partial charge in [0, 0.05) is 5.56 Å².